The molecular formula is C21H20IN5O2S. The van der Waals surface area contributed by atoms with Gasteiger partial charge in [-0.25, -0.2) is 9.97 Å². The van der Waals surface area contributed by atoms with Gasteiger partial charge < -0.3 is 9.47 Å². The SMILES string of the molecule is COc1ccc(-c2cn(SI)c3ncc(-c4cnn(C5CC(OC)C5)c4)cc23)cn1. The van der Waals surface area contributed by atoms with Crippen LogP contribution in [0.1, 0.15) is 18.9 Å². The highest BCUT2D eigenvalue weighted by atomic mass is 127. The Morgan fingerprint density at radius 3 is 2.57 bits per heavy atom. The lowest BCUT2D eigenvalue weighted by Crippen LogP contribution is -2.32. The first-order valence-corrected chi connectivity index (χ1v) is 12.9. The zero-order chi connectivity index (χ0) is 20.7. The standard InChI is InChI=1S/C21H20IN5O2S/c1-28-17-6-16(7-17)26-11-15(10-25-26)14-5-18-19(12-27(30-22)21(18)24-9-14)13-3-4-20(29-2)23-8-13/h3-5,8-12,16-17H,6-7H2,1-2H3. The molecule has 0 saturated heterocycles. The van der Waals surface area contributed by atoms with Gasteiger partial charge in [0.05, 0.1) is 25.5 Å². The Morgan fingerprint density at radius 2 is 1.87 bits per heavy atom. The van der Waals surface area contributed by atoms with Gasteiger partial charge in [-0.05, 0) is 25.0 Å². The van der Waals surface area contributed by atoms with E-state index in [4.69, 9.17) is 14.5 Å². The number of fused-ring (bicyclic) bond motifs is 1. The molecule has 4 heterocycles. The van der Waals surface area contributed by atoms with Crippen LogP contribution in [0.15, 0.2) is 49.2 Å². The highest BCUT2D eigenvalue weighted by Crippen LogP contribution is 2.37. The molecule has 0 unspecified atom stereocenters. The summed E-state index contributed by atoms with van der Waals surface area (Å²) in [6, 6.07) is 6.50. The fraction of sp³-hybridized carbons (Fsp3) is 0.286. The monoisotopic (exact) mass is 533 g/mol. The largest absolute Gasteiger partial charge is 0.481 e. The van der Waals surface area contributed by atoms with Crippen molar-refractivity contribution < 1.29 is 9.47 Å². The van der Waals surface area contributed by atoms with E-state index in [1.54, 1.807) is 23.3 Å². The van der Waals surface area contributed by atoms with Crippen molar-refractivity contribution in [2.75, 3.05) is 14.2 Å². The number of rotatable bonds is 6. The summed E-state index contributed by atoms with van der Waals surface area (Å²) in [5.74, 6) is 0.601. The number of ether oxygens (including phenoxy) is 2. The van der Waals surface area contributed by atoms with Gasteiger partial charge in [-0.1, -0.05) is 0 Å². The molecule has 4 aromatic rings. The van der Waals surface area contributed by atoms with Crippen LogP contribution in [-0.2, 0) is 4.74 Å². The van der Waals surface area contributed by atoms with E-state index in [-0.39, 0.29) is 0 Å². The highest BCUT2D eigenvalue weighted by molar-refractivity contribution is 14.2. The van der Waals surface area contributed by atoms with E-state index in [0.29, 0.717) is 18.0 Å². The molecule has 7 nitrogen and oxygen atoms in total. The van der Waals surface area contributed by atoms with Crippen molar-refractivity contribution in [3.05, 3.63) is 49.2 Å². The molecule has 0 N–H and O–H groups in total. The molecule has 0 bridgehead atoms. The van der Waals surface area contributed by atoms with Crippen LogP contribution in [0.4, 0.5) is 0 Å². The Bertz CT molecular complexity index is 1180. The predicted molar refractivity (Wildman–Crippen MR) is 127 cm³/mol. The Kier molecular flexibility index (Phi) is 5.42. The summed E-state index contributed by atoms with van der Waals surface area (Å²) in [5, 5.41) is 5.67. The van der Waals surface area contributed by atoms with Crippen LogP contribution in [0.2, 0.25) is 0 Å². The average molecular weight is 533 g/mol. The van der Waals surface area contributed by atoms with Gasteiger partial charge in [-0.3, -0.25) is 8.65 Å². The summed E-state index contributed by atoms with van der Waals surface area (Å²) < 4.78 is 14.7. The molecule has 0 amide bonds. The molecule has 1 fully saturated rings. The molecule has 1 aliphatic rings. The lowest BCUT2D eigenvalue weighted by Gasteiger charge is -2.34. The molecule has 0 aliphatic heterocycles. The van der Waals surface area contributed by atoms with E-state index in [2.05, 4.69) is 58.4 Å². The van der Waals surface area contributed by atoms with E-state index in [9.17, 15) is 0 Å². The summed E-state index contributed by atoms with van der Waals surface area (Å²) >= 11 is 2.27. The minimum Gasteiger partial charge on any atom is -0.481 e. The fourth-order valence-electron chi connectivity index (χ4n) is 3.81. The topological polar surface area (TPSA) is 67.0 Å². The molecule has 0 radical (unpaired) electrons. The maximum absolute atomic E-state index is 5.39. The molecule has 30 heavy (non-hydrogen) atoms. The number of hydrogen-bond acceptors (Lipinski definition) is 6. The van der Waals surface area contributed by atoms with Gasteiger partial charge in [-0.2, -0.15) is 5.10 Å². The van der Waals surface area contributed by atoms with Crippen LogP contribution in [0.5, 0.6) is 5.88 Å². The summed E-state index contributed by atoms with van der Waals surface area (Å²) in [5.41, 5.74) is 5.17. The number of hydrogen-bond donors (Lipinski definition) is 0. The highest BCUT2D eigenvalue weighted by Gasteiger charge is 2.31. The smallest absolute Gasteiger partial charge is 0.212 e. The quantitative estimate of drug-likeness (QED) is 0.319. The molecule has 0 atom stereocenters. The first-order chi connectivity index (χ1) is 14.7. The lowest BCUT2D eigenvalue weighted by atomic mass is 9.89. The van der Waals surface area contributed by atoms with E-state index < -0.39 is 0 Å². The van der Waals surface area contributed by atoms with E-state index in [0.717, 1.165) is 46.1 Å². The number of methoxy groups -OCH3 is 2. The fourth-order valence-corrected chi connectivity index (χ4v) is 5.07. The predicted octanol–water partition coefficient (Wildman–Crippen LogP) is 5.17. The van der Waals surface area contributed by atoms with E-state index in [1.165, 1.54) is 0 Å². The van der Waals surface area contributed by atoms with Crippen molar-refractivity contribution >= 4 is 41.4 Å². The summed E-state index contributed by atoms with van der Waals surface area (Å²) in [6.45, 7) is 0. The van der Waals surface area contributed by atoms with Crippen LogP contribution < -0.4 is 4.74 Å². The van der Waals surface area contributed by atoms with Gasteiger partial charge in [0.1, 0.15) is 0 Å². The summed E-state index contributed by atoms with van der Waals surface area (Å²) in [7, 11) is 4.99. The molecule has 9 heteroatoms. The minimum atomic E-state index is 0.354. The zero-order valence-corrected chi connectivity index (χ0v) is 19.5. The molecule has 1 saturated carbocycles. The van der Waals surface area contributed by atoms with Crippen LogP contribution in [-0.4, -0.2) is 44.0 Å². The van der Waals surface area contributed by atoms with Crippen molar-refractivity contribution in [1.82, 2.24) is 23.7 Å². The lowest BCUT2D eigenvalue weighted by molar-refractivity contribution is 0.00250. The molecule has 0 aromatic carbocycles. The minimum absolute atomic E-state index is 0.354. The van der Waals surface area contributed by atoms with Gasteiger partial charge >= 0.3 is 0 Å². The average Bonchev–Trinajstić information content (AvgIpc) is 3.38. The Morgan fingerprint density at radius 1 is 1.03 bits per heavy atom. The van der Waals surface area contributed by atoms with Crippen molar-refractivity contribution in [2.24, 2.45) is 0 Å². The van der Waals surface area contributed by atoms with E-state index >= 15 is 0 Å². The second-order valence-electron chi connectivity index (χ2n) is 7.31. The molecule has 5 rings (SSSR count). The van der Waals surface area contributed by atoms with Gasteiger partial charge in [0.2, 0.25) is 5.88 Å². The molecular weight excluding hydrogens is 513 g/mol. The molecule has 0 spiro atoms. The molecule has 4 aromatic heterocycles. The van der Waals surface area contributed by atoms with Gasteiger partial charge in [0, 0.05) is 95.9 Å². The van der Waals surface area contributed by atoms with Gasteiger partial charge in [0.15, 0.2) is 5.65 Å². The maximum atomic E-state index is 5.39. The van der Waals surface area contributed by atoms with Gasteiger partial charge in [0.25, 0.3) is 0 Å². The van der Waals surface area contributed by atoms with Crippen LogP contribution in [0.25, 0.3) is 33.3 Å². The van der Waals surface area contributed by atoms with Crippen molar-refractivity contribution in [1.29, 1.82) is 0 Å². The number of nitrogens with zero attached hydrogens (tertiary/aromatic N) is 5. The van der Waals surface area contributed by atoms with Crippen LogP contribution in [0, 0.1) is 0 Å². The third-order valence-electron chi connectivity index (χ3n) is 5.66. The first-order valence-electron chi connectivity index (χ1n) is 9.58. The second kappa shape index (κ2) is 8.20. The number of halogens is 1. The Labute approximate surface area is 190 Å². The normalized spacial score (nSPS) is 18.5. The van der Waals surface area contributed by atoms with Gasteiger partial charge in [-0.15, -0.1) is 0 Å². The first kappa shape index (κ1) is 19.8. The van der Waals surface area contributed by atoms with Crippen molar-refractivity contribution in [2.45, 2.75) is 25.0 Å². The summed E-state index contributed by atoms with van der Waals surface area (Å²) in [4.78, 5) is 9.12. The molecule has 1 aliphatic carbocycles. The Balaban J connectivity index is 1.52. The van der Waals surface area contributed by atoms with Crippen molar-refractivity contribution in [3.8, 4) is 28.1 Å². The van der Waals surface area contributed by atoms with Crippen molar-refractivity contribution in [3.63, 3.8) is 0 Å². The summed E-state index contributed by atoms with van der Waals surface area (Å²) in [6.07, 6.45) is 12.3. The second-order valence-corrected chi connectivity index (χ2v) is 9.03. The number of aromatic nitrogens is 5. The Hall–Kier alpha value is -2.11. The third kappa shape index (κ3) is 3.48. The van der Waals surface area contributed by atoms with Crippen LogP contribution in [0.3, 0.4) is 0 Å². The van der Waals surface area contributed by atoms with Crippen LogP contribution >= 0.6 is 30.3 Å². The van der Waals surface area contributed by atoms with E-state index in [1.807, 2.05) is 30.7 Å². The zero-order valence-electron chi connectivity index (χ0n) is 16.5. The molecule has 154 valence electrons. The third-order valence-corrected chi connectivity index (χ3v) is 7.36. The maximum Gasteiger partial charge on any atom is 0.212 e. The number of pyridine rings is 2.